The fraction of sp³-hybridized carbons (Fsp3) is 0.125. The molecule has 0 unspecified atom stereocenters. The topological polar surface area (TPSA) is 95.9 Å². The van der Waals surface area contributed by atoms with Crippen molar-refractivity contribution in [1.29, 1.82) is 0 Å². The van der Waals surface area contributed by atoms with Gasteiger partial charge in [0.05, 0.1) is 11.7 Å². The summed E-state index contributed by atoms with van der Waals surface area (Å²) >= 11 is 0. The Balaban J connectivity index is 3.21. The van der Waals surface area contributed by atoms with E-state index in [0.717, 1.165) is 6.07 Å². The Kier molecular flexibility index (Phi) is 2.90. The fourth-order valence-corrected chi connectivity index (χ4v) is 1.04. The van der Waals surface area contributed by atoms with Crippen molar-refractivity contribution in [3.05, 3.63) is 23.8 Å². The number of rotatable bonds is 3. The second kappa shape index (κ2) is 3.95. The summed E-state index contributed by atoms with van der Waals surface area (Å²) in [5, 5.41) is 30.4. The van der Waals surface area contributed by atoms with Gasteiger partial charge in [-0.1, -0.05) is 0 Å². The van der Waals surface area contributed by atoms with Crippen molar-refractivity contribution in [3.8, 4) is 0 Å². The normalized spacial score (nSPS) is 9.64. The van der Waals surface area contributed by atoms with Gasteiger partial charge in [-0.15, -0.1) is 5.23 Å². The number of carboxylic acid groups (broad SMARTS) is 1. The van der Waals surface area contributed by atoms with Crippen molar-refractivity contribution in [2.24, 2.45) is 0 Å². The highest BCUT2D eigenvalue weighted by Gasteiger charge is 2.06. The molecule has 0 aliphatic heterocycles. The summed E-state index contributed by atoms with van der Waals surface area (Å²) in [4.78, 5) is 10.6. The number of nitrogens with zero attached hydrogens (tertiary/aromatic N) is 1. The van der Waals surface area contributed by atoms with E-state index < -0.39 is 5.97 Å². The van der Waals surface area contributed by atoms with Gasteiger partial charge in [-0.05, 0) is 18.2 Å². The molecule has 0 heterocycles. The molecule has 6 heteroatoms. The van der Waals surface area contributed by atoms with Crippen LogP contribution in [0.4, 0.5) is 11.4 Å². The lowest BCUT2D eigenvalue weighted by Crippen LogP contribution is -2.24. The third kappa shape index (κ3) is 1.93. The zero-order valence-electron chi connectivity index (χ0n) is 7.39. The van der Waals surface area contributed by atoms with Crippen LogP contribution in [0.2, 0.25) is 0 Å². The van der Waals surface area contributed by atoms with Gasteiger partial charge >= 0.3 is 0 Å². The Labute approximate surface area is 79.9 Å². The smallest absolute Gasteiger partial charge is 0.0950 e. The van der Waals surface area contributed by atoms with E-state index in [1.165, 1.54) is 12.1 Å². The van der Waals surface area contributed by atoms with E-state index in [9.17, 15) is 9.90 Å². The molecule has 1 aromatic carbocycles. The zero-order chi connectivity index (χ0) is 10.7. The molecule has 0 saturated carbocycles. The lowest BCUT2D eigenvalue weighted by atomic mass is 10.1. The van der Waals surface area contributed by atoms with Crippen LogP contribution in [0.1, 0.15) is 10.4 Å². The number of anilines is 2. The molecule has 0 saturated heterocycles. The highest BCUT2D eigenvalue weighted by atomic mass is 16.8. The third-order valence-electron chi connectivity index (χ3n) is 1.72. The minimum atomic E-state index is -1.39. The maximum Gasteiger partial charge on any atom is 0.0950 e. The fourth-order valence-electron chi connectivity index (χ4n) is 1.04. The lowest BCUT2D eigenvalue weighted by Gasteiger charge is -2.14. The zero-order valence-corrected chi connectivity index (χ0v) is 7.39. The summed E-state index contributed by atoms with van der Waals surface area (Å²) in [7, 11) is 1.55. The van der Waals surface area contributed by atoms with Gasteiger partial charge in [-0.3, -0.25) is 10.4 Å². The molecule has 0 radical (unpaired) electrons. The van der Waals surface area contributed by atoms with Gasteiger partial charge in [-0.25, -0.2) is 0 Å². The van der Waals surface area contributed by atoms with Gasteiger partial charge in [0.25, 0.3) is 0 Å². The maximum atomic E-state index is 10.6. The van der Waals surface area contributed by atoms with E-state index in [1.807, 2.05) is 0 Å². The van der Waals surface area contributed by atoms with Crippen molar-refractivity contribution in [2.45, 2.75) is 0 Å². The average molecular weight is 197 g/mol. The molecule has 1 aromatic rings. The molecule has 3 N–H and O–H groups in total. The molecule has 76 valence electrons. The van der Waals surface area contributed by atoms with Crippen molar-refractivity contribution in [3.63, 3.8) is 0 Å². The van der Waals surface area contributed by atoms with Gasteiger partial charge in [0.1, 0.15) is 0 Å². The number of hydrogen-bond donors (Lipinski definition) is 3. The predicted octanol–water partition coefficient (Wildman–Crippen LogP) is -0.323. The molecule has 0 amide bonds. The predicted molar refractivity (Wildman–Crippen MR) is 46.4 cm³/mol. The molecule has 0 spiro atoms. The van der Waals surface area contributed by atoms with E-state index in [0.29, 0.717) is 5.69 Å². The summed E-state index contributed by atoms with van der Waals surface area (Å²) in [6, 6.07) is 3.83. The second-order valence-corrected chi connectivity index (χ2v) is 2.56. The Morgan fingerprint density at radius 2 is 2.14 bits per heavy atom. The van der Waals surface area contributed by atoms with Gasteiger partial charge in [0.2, 0.25) is 0 Å². The number of carbonyl (C=O) groups is 1. The molecule has 1 rings (SSSR count). The molecular formula is C8H9N2O4-. The van der Waals surface area contributed by atoms with Gasteiger partial charge in [0.15, 0.2) is 0 Å². The molecule has 0 aliphatic carbocycles. The Bertz CT molecular complexity index is 351. The van der Waals surface area contributed by atoms with Crippen molar-refractivity contribution < 1.29 is 20.3 Å². The number of nitrogens with one attached hydrogen (secondary N) is 1. The first-order chi connectivity index (χ1) is 6.56. The number of carboxylic acids is 1. The Hall–Kier alpha value is -1.79. The number of benzene rings is 1. The van der Waals surface area contributed by atoms with E-state index in [1.54, 1.807) is 7.05 Å². The minimum Gasteiger partial charge on any atom is -0.545 e. The van der Waals surface area contributed by atoms with Crippen LogP contribution < -0.4 is 15.6 Å². The van der Waals surface area contributed by atoms with Crippen LogP contribution in [-0.4, -0.2) is 23.4 Å². The summed E-state index contributed by atoms with van der Waals surface area (Å²) in [6.45, 7) is 0. The third-order valence-corrected chi connectivity index (χ3v) is 1.72. The van der Waals surface area contributed by atoms with E-state index in [-0.39, 0.29) is 16.5 Å². The van der Waals surface area contributed by atoms with Crippen LogP contribution in [0.5, 0.6) is 0 Å². The summed E-state index contributed by atoms with van der Waals surface area (Å²) in [6.07, 6.45) is 0. The quantitative estimate of drug-likeness (QED) is 0.574. The Morgan fingerprint density at radius 3 is 2.57 bits per heavy atom. The highest BCUT2D eigenvalue weighted by molar-refractivity contribution is 5.94. The first-order valence-electron chi connectivity index (χ1n) is 3.77. The van der Waals surface area contributed by atoms with Crippen molar-refractivity contribution in [2.75, 3.05) is 17.6 Å². The minimum absolute atomic E-state index is 0.0526. The monoisotopic (exact) mass is 197 g/mol. The van der Waals surface area contributed by atoms with Crippen LogP contribution in [0.3, 0.4) is 0 Å². The maximum absolute atomic E-state index is 10.6. The van der Waals surface area contributed by atoms with Crippen LogP contribution in [0.25, 0.3) is 0 Å². The Morgan fingerprint density at radius 1 is 1.50 bits per heavy atom. The number of hydrogen-bond acceptors (Lipinski definition) is 6. The molecular weight excluding hydrogens is 188 g/mol. The van der Waals surface area contributed by atoms with E-state index in [4.69, 9.17) is 10.4 Å². The van der Waals surface area contributed by atoms with Crippen molar-refractivity contribution in [1.82, 2.24) is 0 Å². The molecule has 0 aliphatic rings. The summed E-state index contributed by atoms with van der Waals surface area (Å²) in [5.74, 6) is -1.39. The molecule has 0 atom stereocenters. The van der Waals surface area contributed by atoms with Gasteiger partial charge < -0.3 is 15.2 Å². The largest absolute Gasteiger partial charge is 0.545 e. The highest BCUT2D eigenvalue weighted by Crippen LogP contribution is 2.20. The number of aromatic carboxylic acids is 1. The second-order valence-electron chi connectivity index (χ2n) is 2.56. The van der Waals surface area contributed by atoms with Crippen LogP contribution in [0, 0.1) is 0 Å². The first-order valence-corrected chi connectivity index (χ1v) is 3.77. The molecule has 0 aromatic heterocycles. The van der Waals surface area contributed by atoms with Gasteiger partial charge in [0, 0.05) is 18.3 Å². The molecule has 0 bridgehead atoms. The summed E-state index contributed by atoms with van der Waals surface area (Å²) in [5.41, 5.74) is 0.150. The lowest BCUT2D eigenvalue weighted by molar-refractivity contribution is -0.254. The molecule has 6 nitrogen and oxygen atoms in total. The van der Waals surface area contributed by atoms with E-state index in [2.05, 4.69) is 5.32 Å². The standard InChI is InChI=1S/C8H10N2O4/c1-9-7-3-2-5(10(13)14)4-6(7)8(11)12/h2-4,9,13-14H,1H3,(H,11,12)/p-1. The molecule has 0 fully saturated rings. The molecule has 14 heavy (non-hydrogen) atoms. The van der Waals surface area contributed by atoms with Gasteiger partial charge in [-0.2, -0.15) is 0 Å². The average Bonchev–Trinajstić information content (AvgIpc) is 2.16. The van der Waals surface area contributed by atoms with E-state index >= 15 is 0 Å². The summed E-state index contributed by atoms with van der Waals surface area (Å²) < 4.78 is 0. The van der Waals surface area contributed by atoms with Crippen molar-refractivity contribution >= 4 is 17.3 Å². The number of carbonyl (C=O) groups excluding carboxylic acids is 1. The van der Waals surface area contributed by atoms with Crippen LogP contribution in [-0.2, 0) is 0 Å². The van der Waals surface area contributed by atoms with Crippen LogP contribution in [0.15, 0.2) is 18.2 Å². The SMILES string of the molecule is CNc1ccc(N(O)O)cc1C(=O)[O-]. The van der Waals surface area contributed by atoms with Crippen LogP contribution >= 0.6 is 0 Å². The first kappa shape index (κ1) is 10.3.